The second-order valence-corrected chi connectivity index (χ2v) is 7.29. The Bertz CT molecular complexity index is 1240. The number of hydrazone groups is 1. The summed E-state index contributed by atoms with van der Waals surface area (Å²) < 4.78 is 11.0. The second-order valence-electron chi connectivity index (χ2n) is 7.29. The number of benzene rings is 3. The van der Waals surface area contributed by atoms with Crippen LogP contribution in [0.1, 0.15) is 28.4 Å². The molecule has 0 saturated carbocycles. The molecule has 2 N–H and O–H groups in total. The summed E-state index contributed by atoms with van der Waals surface area (Å²) in [5, 5.41) is 17.8. The maximum absolute atomic E-state index is 12.4. The lowest BCUT2D eigenvalue weighted by Crippen LogP contribution is -2.26. The smallest absolute Gasteiger partial charge is 0.343 e. The Kier molecular flexibility index (Phi) is 8.49. The van der Waals surface area contributed by atoms with Gasteiger partial charge in [0.2, 0.25) is 0 Å². The first kappa shape index (κ1) is 24.9. The Morgan fingerprint density at radius 1 is 1.06 bits per heavy atom. The summed E-state index contributed by atoms with van der Waals surface area (Å²) in [5.74, 6) is -0.517. The molecule has 0 heterocycles. The van der Waals surface area contributed by atoms with E-state index >= 15 is 0 Å². The van der Waals surface area contributed by atoms with Gasteiger partial charge >= 0.3 is 5.97 Å². The first-order valence-corrected chi connectivity index (χ1v) is 10.7. The summed E-state index contributed by atoms with van der Waals surface area (Å²) in [5.41, 5.74) is 4.98. The first-order valence-electron chi connectivity index (χ1n) is 10.7. The molecule has 0 spiro atoms. The van der Waals surface area contributed by atoms with E-state index in [4.69, 9.17) is 9.47 Å². The minimum absolute atomic E-state index is 0.0594. The minimum atomic E-state index is -0.685. The highest BCUT2D eigenvalue weighted by Crippen LogP contribution is 2.29. The number of rotatable bonds is 10. The SMILES string of the molecule is CCOc1cc(C=NNC(=O)CNc2ccccc2C)ccc1OC(=O)c1ccc([N+](=O)[O-])cc1. The lowest BCUT2D eigenvalue weighted by atomic mass is 10.2. The molecular weight excluding hydrogens is 452 g/mol. The van der Waals surface area contributed by atoms with Gasteiger partial charge in [0.1, 0.15) is 0 Å². The van der Waals surface area contributed by atoms with E-state index < -0.39 is 10.9 Å². The van der Waals surface area contributed by atoms with Crippen molar-refractivity contribution < 1.29 is 24.0 Å². The van der Waals surface area contributed by atoms with Crippen molar-refractivity contribution in [3.63, 3.8) is 0 Å². The van der Waals surface area contributed by atoms with Crippen LogP contribution < -0.4 is 20.2 Å². The van der Waals surface area contributed by atoms with Crippen molar-refractivity contribution in [2.75, 3.05) is 18.5 Å². The highest BCUT2D eigenvalue weighted by Gasteiger charge is 2.15. The zero-order chi connectivity index (χ0) is 25.2. The van der Waals surface area contributed by atoms with E-state index in [0.29, 0.717) is 17.9 Å². The van der Waals surface area contributed by atoms with Crippen LogP contribution in [0.3, 0.4) is 0 Å². The molecule has 0 saturated heterocycles. The Hall–Kier alpha value is -4.73. The Morgan fingerprint density at radius 3 is 2.49 bits per heavy atom. The van der Waals surface area contributed by atoms with E-state index in [1.807, 2.05) is 31.2 Å². The molecule has 1 amide bonds. The average Bonchev–Trinajstić information content (AvgIpc) is 2.85. The number of ether oxygens (including phenoxy) is 2. The number of amides is 1. The molecular formula is C25H24N4O6. The zero-order valence-corrected chi connectivity index (χ0v) is 19.2. The van der Waals surface area contributed by atoms with Gasteiger partial charge in [-0.25, -0.2) is 10.2 Å². The highest BCUT2D eigenvalue weighted by atomic mass is 16.6. The molecule has 10 heteroatoms. The summed E-state index contributed by atoms with van der Waals surface area (Å²) >= 11 is 0. The number of aryl methyl sites for hydroxylation is 1. The molecule has 0 bridgehead atoms. The third-order valence-corrected chi connectivity index (χ3v) is 4.77. The van der Waals surface area contributed by atoms with Gasteiger partial charge in [-0.2, -0.15) is 5.10 Å². The first-order chi connectivity index (χ1) is 16.9. The molecule has 0 radical (unpaired) electrons. The van der Waals surface area contributed by atoms with E-state index in [-0.39, 0.29) is 29.5 Å². The number of hydrogen-bond donors (Lipinski definition) is 2. The highest BCUT2D eigenvalue weighted by molar-refractivity contribution is 5.92. The predicted octanol–water partition coefficient (Wildman–Crippen LogP) is 4.08. The molecule has 3 rings (SSSR count). The zero-order valence-electron chi connectivity index (χ0n) is 19.2. The van der Waals surface area contributed by atoms with Crippen molar-refractivity contribution in [3.05, 3.63) is 93.5 Å². The summed E-state index contributed by atoms with van der Waals surface area (Å²) in [4.78, 5) is 34.7. The summed E-state index contributed by atoms with van der Waals surface area (Å²) in [6.07, 6.45) is 1.44. The van der Waals surface area contributed by atoms with Crippen LogP contribution in [0.15, 0.2) is 71.8 Å². The topological polar surface area (TPSA) is 132 Å². The number of esters is 1. The second kappa shape index (κ2) is 11.9. The summed E-state index contributed by atoms with van der Waals surface area (Å²) in [7, 11) is 0. The van der Waals surface area contributed by atoms with Gasteiger partial charge in [0.15, 0.2) is 11.5 Å². The van der Waals surface area contributed by atoms with Crippen LogP contribution in [-0.4, -0.2) is 36.2 Å². The van der Waals surface area contributed by atoms with Crippen molar-refractivity contribution in [1.29, 1.82) is 0 Å². The van der Waals surface area contributed by atoms with Gasteiger partial charge in [-0.1, -0.05) is 18.2 Å². The number of nitro groups is 1. The standard InChI is InChI=1S/C25H24N4O6/c1-3-34-23-14-18(15-27-28-24(30)16-26-21-7-5-4-6-17(21)2)8-13-22(23)35-25(31)19-9-11-20(12-10-19)29(32)33/h4-15,26H,3,16H2,1-2H3,(H,28,30). The number of non-ortho nitro benzene ring substituents is 1. The van der Waals surface area contributed by atoms with Gasteiger partial charge in [-0.05, 0) is 61.4 Å². The fourth-order valence-corrected chi connectivity index (χ4v) is 3.00. The van der Waals surface area contributed by atoms with E-state index in [1.54, 1.807) is 19.1 Å². The molecule has 0 aromatic heterocycles. The Labute approximate surface area is 201 Å². The van der Waals surface area contributed by atoms with Crippen LogP contribution in [0.4, 0.5) is 11.4 Å². The van der Waals surface area contributed by atoms with Gasteiger partial charge in [0.05, 0.1) is 29.9 Å². The van der Waals surface area contributed by atoms with E-state index in [2.05, 4.69) is 15.8 Å². The molecule has 35 heavy (non-hydrogen) atoms. The Morgan fingerprint density at radius 2 is 1.80 bits per heavy atom. The number of carbonyl (C=O) groups is 2. The van der Waals surface area contributed by atoms with Crippen LogP contribution in [0.5, 0.6) is 11.5 Å². The van der Waals surface area contributed by atoms with Gasteiger partial charge in [0, 0.05) is 17.8 Å². The fourth-order valence-electron chi connectivity index (χ4n) is 3.00. The van der Waals surface area contributed by atoms with Gasteiger partial charge in [0.25, 0.3) is 11.6 Å². The third-order valence-electron chi connectivity index (χ3n) is 4.77. The number of anilines is 1. The van der Waals surface area contributed by atoms with Crippen molar-refractivity contribution in [2.24, 2.45) is 5.10 Å². The van der Waals surface area contributed by atoms with E-state index in [9.17, 15) is 19.7 Å². The van der Waals surface area contributed by atoms with Gasteiger partial charge in [-0.3, -0.25) is 14.9 Å². The van der Waals surface area contributed by atoms with Crippen molar-refractivity contribution in [3.8, 4) is 11.5 Å². The van der Waals surface area contributed by atoms with Crippen LogP contribution in [0.2, 0.25) is 0 Å². The van der Waals surface area contributed by atoms with Crippen LogP contribution in [0.25, 0.3) is 0 Å². The lowest BCUT2D eigenvalue weighted by Gasteiger charge is -2.11. The largest absolute Gasteiger partial charge is 0.490 e. The number of nitro benzene ring substituents is 1. The molecule has 180 valence electrons. The van der Waals surface area contributed by atoms with Crippen molar-refractivity contribution >= 4 is 29.5 Å². The molecule has 0 aliphatic rings. The van der Waals surface area contributed by atoms with E-state index in [0.717, 1.165) is 11.3 Å². The number of hydrogen-bond acceptors (Lipinski definition) is 8. The molecule has 3 aromatic rings. The number of nitrogens with zero attached hydrogens (tertiary/aromatic N) is 2. The average molecular weight is 476 g/mol. The van der Waals surface area contributed by atoms with E-state index in [1.165, 1.54) is 36.5 Å². The minimum Gasteiger partial charge on any atom is -0.490 e. The maximum Gasteiger partial charge on any atom is 0.343 e. The molecule has 0 aliphatic carbocycles. The normalized spacial score (nSPS) is 10.6. The number of nitrogens with one attached hydrogen (secondary N) is 2. The summed E-state index contributed by atoms with van der Waals surface area (Å²) in [6, 6.07) is 17.5. The molecule has 3 aromatic carbocycles. The molecule has 0 fully saturated rings. The predicted molar refractivity (Wildman–Crippen MR) is 131 cm³/mol. The molecule has 0 unspecified atom stereocenters. The Balaban J connectivity index is 1.61. The monoisotopic (exact) mass is 476 g/mol. The molecule has 0 atom stereocenters. The van der Waals surface area contributed by atoms with Crippen LogP contribution in [-0.2, 0) is 4.79 Å². The van der Waals surface area contributed by atoms with Crippen molar-refractivity contribution in [1.82, 2.24) is 5.43 Å². The maximum atomic E-state index is 12.4. The number of carbonyl (C=O) groups excluding carboxylic acids is 2. The van der Waals surface area contributed by atoms with Gasteiger partial charge < -0.3 is 14.8 Å². The van der Waals surface area contributed by atoms with Crippen molar-refractivity contribution in [2.45, 2.75) is 13.8 Å². The quantitative estimate of drug-likeness (QED) is 0.148. The molecule has 10 nitrogen and oxygen atoms in total. The number of para-hydroxylation sites is 1. The lowest BCUT2D eigenvalue weighted by molar-refractivity contribution is -0.384. The fraction of sp³-hybridized carbons (Fsp3) is 0.160. The molecule has 0 aliphatic heterocycles. The third kappa shape index (κ3) is 7.13. The van der Waals surface area contributed by atoms with Gasteiger partial charge in [-0.15, -0.1) is 0 Å². The van der Waals surface area contributed by atoms with Crippen LogP contribution >= 0.6 is 0 Å². The summed E-state index contributed by atoms with van der Waals surface area (Å²) in [6.45, 7) is 4.11. The van der Waals surface area contributed by atoms with Crippen LogP contribution in [0, 0.1) is 17.0 Å².